The highest BCUT2D eigenvalue weighted by molar-refractivity contribution is 7.92. The van der Waals surface area contributed by atoms with Gasteiger partial charge < -0.3 is 5.32 Å². The molecule has 0 fully saturated rings. The average Bonchev–Trinajstić information content (AvgIpc) is 2.77. The molecule has 1 amide bonds. The van der Waals surface area contributed by atoms with E-state index in [1.165, 1.54) is 12.1 Å². The van der Waals surface area contributed by atoms with E-state index in [9.17, 15) is 17.6 Å². The first kappa shape index (κ1) is 23.5. The Morgan fingerprint density at radius 1 is 0.906 bits per heavy atom. The van der Waals surface area contributed by atoms with Crippen molar-refractivity contribution in [1.29, 1.82) is 0 Å². The van der Waals surface area contributed by atoms with Crippen LogP contribution in [0.5, 0.6) is 0 Å². The number of nitrogens with one attached hydrogen (secondary N) is 1. The molecule has 0 heterocycles. The lowest BCUT2D eigenvalue weighted by Crippen LogP contribution is -2.42. The van der Waals surface area contributed by atoms with E-state index in [0.717, 1.165) is 33.1 Å². The Morgan fingerprint density at radius 2 is 1.44 bits per heavy atom. The highest BCUT2D eigenvalue weighted by atomic mass is 32.2. The third-order valence-electron chi connectivity index (χ3n) is 5.23. The zero-order valence-corrected chi connectivity index (χ0v) is 19.2. The summed E-state index contributed by atoms with van der Waals surface area (Å²) in [6.45, 7) is 5.44. The number of rotatable bonds is 8. The zero-order chi connectivity index (χ0) is 23.3. The number of carbonyl (C=O) groups is 1. The molecule has 1 unspecified atom stereocenters. The second-order valence-corrected chi connectivity index (χ2v) is 9.60. The Hall–Kier alpha value is -3.19. The predicted octanol–water partition coefficient (Wildman–Crippen LogP) is 4.91. The van der Waals surface area contributed by atoms with Gasteiger partial charge in [0, 0.05) is 0 Å². The summed E-state index contributed by atoms with van der Waals surface area (Å²) in [5.41, 5.74) is 3.39. The van der Waals surface area contributed by atoms with E-state index >= 15 is 0 Å². The molecule has 3 aromatic rings. The third-order valence-corrected chi connectivity index (χ3v) is 7.02. The molecule has 7 heteroatoms. The van der Waals surface area contributed by atoms with E-state index in [-0.39, 0.29) is 10.9 Å². The van der Waals surface area contributed by atoms with Gasteiger partial charge in [-0.1, -0.05) is 54.4 Å². The summed E-state index contributed by atoms with van der Waals surface area (Å²) in [5.74, 6) is -0.962. The summed E-state index contributed by atoms with van der Waals surface area (Å²) in [6.07, 6.45) is 0.657. The molecule has 5 nitrogen and oxygen atoms in total. The van der Waals surface area contributed by atoms with E-state index in [0.29, 0.717) is 12.1 Å². The van der Waals surface area contributed by atoms with E-state index in [4.69, 9.17) is 0 Å². The number of nitrogens with zero attached hydrogens (tertiary/aromatic N) is 1. The number of sulfonamides is 1. The van der Waals surface area contributed by atoms with Gasteiger partial charge in [0.2, 0.25) is 5.91 Å². The molecule has 168 valence electrons. The second-order valence-electron chi connectivity index (χ2n) is 7.74. The summed E-state index contributed by atoms with van der Waals surface area (Å²) in [5, 5.41) is 2.94. The van der Waals surface area contributed by atoms with Crippen molar-refractivity contribution in [2.75, 3.05) is 10.8 Å². The lowest BCUT2D eigenvalue weighted by Gasteiger charge is -2.26. The number of benzene rings is 3. The molecule has 0 saturated heterocycles. The zero-order valence-electron chi connectivity index (χ0n) is 18.4. The number of hydrogen-bond donors (Lipinski definition) is 1. The maximum Gasteiger partial charge on any atom is 0.264 e. The molecule has 0 aromatic heterocycles. The van der Waals surface area contributed by atoms with Crippen LogP contribution in [0.2, 0.25) is 0 Å². The van der Waals surface area contributed by atoms with Crippen LogP contribution < -0.4 is 9.62 Å². The van der Waals surface area contributed by atoms with Crippen molar-refractivity contribution in [3.8, 4) is 0 Å². The molecule has 1 N–H and O–H groups in total. The lowest BCUT2D eigenvalue weighted by atomic mass is 10.0. The van der Waals surface area contributed by atoms with Crippen molar-refractivity contribution in [2.24, 2.45) is 0 Å². The van der Waals surface area contributed by atoms with E-state index in [2.05, 4.69) is 5.32 Å². The van der Waals surface area contributed by atoms with Crippen LogP contribution in [0, 0.1) is 19.7 Å². The fraction of sp³-hybridized carbons (Fsp3) is 0.240. The van der Waals surface area contributed by atoms with Gasteiger partial charge in [0.25, 0.3) is 10.0 Å². The molecular formula is C25H27FN2O3S. The lowest BCUT2D eigenvalue weighted by molar-refractivity contribution is -0.120. The molecule has 0 spiro atoms. The number of amides is 1. The fourth-order valence-corrected chi connectivity index (χ4v) is 4.77. The van der Waals surface area contributed by atoms with Crippen molar-refractivity contribution in [1.82, 2.24) is 5.32 Å². The number of aryl methyl sites for hydroxylation is 2. The first-order chi connectivity index (χ1) is 15.2. The fourth-order valence-electron chi connectivity index (χ4n) is 3.35. The number of carbonyl (C=O) groups excluding carboxylic acids is 1. The summed E-state index contributed by atoms with van der Waals surface area (Å²) >= 11 is 0. The summed E-state index contributed by atoms with van der Waals surface area (Å²) in [7, 11) is -4.09. The Labute approximate surface area is 188 Å². The van der Waals surface area contributed by atoms with Gasteiger partial charge in [0.15, 0.2) is 0 Å². The van der Waals surface area contributed by atoms with Gasteiger partial charge in [-0.2, -0.15) is 0 Å². The van der Waals surface area contributed by atoms with Crippen molar-refractivity contribution < 1.29 is 17.6 Å². The minimum absolute atomic E-state index is 0.0853. The van der Waals surface area contributed by atoms with E-state index in [1.54, 1.807) is 24.3 Å². The highest BCUT2D eigenvalue weighted by Crippen LogP contribution is 2.25. The minimum Gasteiger partial charge on any atom is -0.348 e. The van der Waals surface area contributed by atoms with Crippen LogP contribution in [0.1, 0.15) is 36.1 Å². The summed E-state index contributed by atoms with van der Waals surface area (Å²) in [6, 6.07) is 19.1. The summed E-state index contributed by atoms with van der Waals surface area (Å²) in [4.78, 5) is 12.9. The van der Waals surface area contributed by atoms with Crippen LogP contribution in [0.25, 0.3) is 0 Å². The van der Waals surface area contributed by atoms with Crippen molar-refractivity contribution >= 4 is 21.6 Å². The normalized spacial score (nSPS) is 12.2. The molecule has 0 aliphatic heterocycles. The summed E-state index contributed by atoms with van der Waals surface area (Å²) < 4.78 is 41.1. The largest absolute Gasteiger partial charge is 0.348 e. The quantitative estimate of drug-likeness (QED) is 0.526. The molecule has 3 rings (SSSR count). The molecular weight excluding hydrogens is 427 g/mol. The highest BCUT2D eigenvalue weighted by Gasteiger charge is 2.28. The van der Waals surface area contributed by atoms with Crippen LogP contribution in [-0.2, 0) is 14.8 Å². The van der Waals surface area contributed by atoms with Crippen LogP contribution in [0.15, 0.2) is 77.7 Å². The third kappa shape index (κ3) is 5.53. The Kier molecular flexibility index (Phi) is 7.30. The van der Waals surface area contributed by atoms with Gasteiger partial charge in [-0.25, -0.2) is 12.8 Å². The molecule has 0 radical (unpaired) electrons. The second kappa shape index (κ2) is 9.96. The van der Waals surface area contributed by atoms with E-state index in [1.807, 2.05) is 45.0 Å². The smallest absolute Gasteiger partial charge is 0.264 e. The maximum atomic E-state index is 13.4. The van der Waals surface area contributed by atoms with Gasteiger partial charge in [0.05, 0.1) is 16.6 Å². The van der Waals surface area contributed by atoms with Crippen molar-refractivity contribution in [3.63, 3.8) is 0 Å². The molecule has 3 aromatic carbocycles. The standard InChI is InChI=1S/C25H27FN2O3S/c1-4-24(20-9-5-18(2)6-10-20)27-25(29)17-28(22-13-7-19(3)8-14-22)32(30,31)23-15-11-21(26)12-16-23/h5-16,24H,4,17H2,1-3H3,(H,27,29). The number of hydrogen-bond acceptors (Lipinski definition) is 3. The molecule has 1 atom stereocenters. The van der Waals surface area contributed by atoms with Gasteiger partial charge >= 0.3 is 0 Å². The molecule has 0 bridgehead atoms. The van der Waals surface area contributed by atoms with Crippen LogP contribution >= 0.6 is 0 Å². The topological polar surface area (TPSA) is 66.5 Å². The number of anilines is 1. The Bertz CT molecular complexity index is 1160. The average molecular weight is 455 g/mol. The first-order valence-corrected chi connectivity index (χ1v) is 11.9. The van der Waals surface area contributed by atoms with Crippen molar-refractivity contribution in [3.05, 3.63) is 95.3 Å². The Balaban J connectivity index is 1.89. The van der Waals surface area contributed by atoms with Gasteiger partial charge in [-0.05, 0) is 62.2 Å². The molecule has 0 aliphatic carbocycles. The van der Waals surface area contributed by atoms with Crippen LogP contribution in [0.3, 0.4) is 0 Å². The molecule has 0 aliphatic rings. The SMILES string of the molecule is CCC(NC(=O)CN(c1ccc(C)cc1)S(=O)(=O)c1ccc(F)cc1)c1ccc(C)cc1. The number of halogens is 1. The predicted molar refractivity (Wildman–Crippen MR) is 124 cm³/mol. The molecule has 0 saturated carbocycles. The van der Waals surface area contributed by atoms with Gasteiger partial charge in [0.1, 0.15) is 12.4 Å². The van der Waals surface area contributed by atoms with Gasteiger partial charge in [-0.15, -0.1) is 0 Å². The Morgan fingerprint density at radius 3 is 1.97 bits per heavy atom. The first-order valence-electron chi connectivity index (χ1n) is 10.4. The van der Waals surface area contributed by atoms with Gasteiger partial charge in [-0.3, -0.25) is 9.10 Å². The van der Waals surface area contributed by atoms with Crippen LogP contribution in [-0.4, -0.2) is 20.9 Å². The molecule has 32 heavy (non-hydrogen) atoms. The maximum absolute atomic E-state index is 13.4. The monoisotopic (exact) mass is 454 g/mol. The minimum atomic E-state index is -4.09. The van der Waals surface area contributed by atoms with E-state index < -0.39 is 28.3 Å². The van der Waals surface area contributed by atoms with Crippen LogP contribution in [0.4, 0.5) is 10.1 Å². The van der Waals surface area contributed by atoms with Crippen molar-refractivity contribution in [2.45, 2.75) is 38.1 Å².